The molecular formula is C20H20FN4OPS. The van der Waals surface area contributed by atoms with E-state index >= 15 is 0 Å². The van der Waals surface area contributed by atoms with Gasteiger partial charge in [0.1, 0.15) is 11.7 Å². The van der Waals surface area contributed by atoms with E-state index in [4.69, 9.17) is 26.4 Å². The van der Waals surface area contributed by atoms with E-state index < -0.39 is 6.42 Å². The number of para-hydroxylation sites is 1. The summed E-state index contributed by atoms with van der Waals surface area (Å²) >= 11 is 6.06. The fraction of sp³-hybridized carbons (Fsp3) is 0.200. The van der Waals surface area contributed by atoms with Crippen LogP contribution in [0.1, 0.15) is 18.2 Å². The molecule has 0 saturated carbocycles. The topological polar surface area (TPSA) is 42.6 Å². The SMILES string of the molecule is CCO[P@@]1(=S)c2c(C)nn(-c3ccccc3)c2N=C(c2ccccc2F)N1C. The maximum absolute atomic E-state index is 14.6. The van der Waals surface area contributed by atoms with Crippen LogP contribution < -0.4 is 5.30 Å². The van der Waals surface area contributed by atoms with Gasteiger partial charge in [0.25, 0.3) is 0 Å². The Bertz CT molecular complexity index is 1110. The summed E-state index contributed by atoms with van der Waals surface area (Å²) in [7, 11) is 1.82. The number of rotatable bonds is 4. The third-order valence-corrected chi connectivity index (χ3v) is 8.90. The van der Waals surface area contributed by atoms with E-state index in [0.29, 0.717) is 23.8 Å². The standard InChI is InChI=1S/C20H20FN4OPS/c1-4-26-27(28)18-14(2)23-25(15-10-6-5-7-11-15)20(18)22-19(24(27)3)16-12-8-9-13-17(16)21/h5-13H,4H2,1-3H3/t27-/m1/s1. The van der Waals surface area contributed by atoms with Crippen molar-refractivity contribution in [1.29, 1.82) is 0 Å². The lowest BCUT2D eigenvalue weighted by atomic mass is 10.2. The number of halogens is 1. The molecule has 2 aromatic carbocycles. The highest BCUT2D eigenvalue weighted by Gasteiger charge is 2.40. The zero-order valence-electron chi connectivity index (χ0n) is 15.8. The van der Waals surface area contributed by atoms with Gasteiger partial charge in [0.15, 0.2) is 12.2 Å². The molecular weight excluding hydrogens is 394 g/mol. The minimum atomic E-state index is -2.69. The molecule has 0 saturated heterocycles. The molecule has 8 heteroatoms. The van der Waals surface area contributed by atoms with Crippen molar-refractivity contribution in [2.75, 3.05) is 13.7 Å². The second-order valence-corrected chi connectivity index (χ2v) is 10.2. The van der Waals surface area contributed by atoms with Crippen molar-refractivity contribution in [2.24, 2.45) is 4.99 Å². The third kappa shape index (κ3) is 2.91. The van der Waals surface area contributed by atoms with E-state index in [1.54, 1.807) is 22.9 Å². The van der Waals surface area contributed by atoms with Crippen molar-refractivity contribution in [3.63, 3.8) is 0 Å². The summed E-state index contributed by atoms with van der Waals surface area (Å²) in [6.07, 6.45) is -2.69. The molecule has 1 atom stereocenters. The van der Waals surface area contributed by atoms with Crippen LogP contribution >= 0.6 is 6.42 Å². The fourth-order valence-electron chi connectivity index (χ4n) is 3.34. The first-order valence-corrected chi connectivity index (χ1v) is 11.6. The van der Waals surface area contributed by atoms with Gasteiger partial charge in [-0.1, -0.05) is 30.3 Å². The smallest absolute Gasteiger partial charge is 0.192 e. The number of hydrogen-bond donors (Lipinski definition) is 0. The highest BCUT2D eigenvalue weighted by Crippen LogP contribution is 2.55. The predicted molar refractivity (Wildman–Crippen MR) is 114 cm³/mol. The van der Waals surface area contributed by atoms with Gasteiger partial charge in [0.05, 0.1) is 28.9 Å². The molecule has 0 unspecified atom stereocenters. The Morgan fingerprint density at radius 3 is 2.46 bits per heavy atom. The maximum atomic E-state index is 14.6. The molecule has 0 bridgehead atoms. The van der Waals surface area contributed by atoms with Crippen LogP contribution in [0.3, 0.4) is 0 Å². The Kier molecular flexibility index (Phi) is 4.91. The molecule has 28 heavy (non-hydrogen) atoms. The predicted octanol–water partition coefficient (Wildman–Crippen LogP) is 4.31. The second kappa shape index (κ2) is 7.24. The van der Waals surface area contributed by atoms with Crippen molar-refractivity contribution >= 4 is 35.2 Å². The summed E-state index contributed by atoms with van der Waals surface area (Å²) < 4.78 is 24.3. The summed E-state index contributed by atoms with van der Waals surface area (Å²) in [5.74, 6) is 0.716. The molecule has 3 aromatic rings. The maximum Gasteiger partial charge on any atom is 0.192 e. The van der Waals surface area contributed by atoms with Crippen molar-refractivity contribution < 1.29 is 8.91 Å². The van der Waals surface area contributed by atoms with Gasteiger partial charge in [-0.25, -0.2) is 14.1 Å². The molecule has 0 fully saturated rings. The van der Waals surface area contributed by atoms with Gasteiger partial charge in [-0.05, 0) is 49.9 Å². The minimum absolute atomic E-state index is 0.350. The van der Waals surface area contributed by atoms with Crippen LogP contribution in [0.2, 0.25) is 0 Å². The molecule has 2 heterocycles. The van der Waals surface area contributed by atoms with Crippen LogP contribution in [0.5, 0.6) is 0 Å². The fourth-order valence-corrected chi connectivity index (χ4v) is 6.73. The monoisotopic (exact) mass is 414 g/mol. The zero-order chi connectivity index (χ0) is 19.9. The molecule has 1 aliphatic rings. The molecule has 144 valence electrons. The zero-order valence-corrected chi connectivity index (χ0v) is 17.5. The summed E-state index contributed by atoms with van der Waals surface area (Å²) in [6.45, 7) is 4.27. The lowest BCUT2D eigenvalue weighted by Crippen LogP contribution is -2.35. The summed E-state index contributed by atoms with van der Waals surface area (Å²) in [5.41, 5.74) is 2.04. The molecule has 4 rings (SSSR count). The molecule has 0 N–H and O–H groups in total. The van der Waals surface area contributed by atoms with Crippen LogP contribution in [0.15, 0.2) is 59.6 Å². The highest BCUT2D eigenvalue weighted by atomic mass is 32.4. The number of benzene rings is 2. The van der Waals surface area contributed by atoms with Crippen LogP contribution in [-0.2, 0) is 16.3 Å². The summed E-state index contributed by atoms with van der Waals surface area (Å²) in [4.78, 5) is 4.82. The first kappa shape index (κ1) is 19.0. The minimum Gasteiger partial charge on any atom is -0.331 e. The van der Waals surface area contributed by atoms with Crippen molar-refractivity contribution in [3.8, 4) is 5.69 Å². The number of aliphatic imine (C=N–C) groups is 1. The average molecular weight is 414 g/mol. The van der Waals surface area contributed by atoms with Crippen molar-refractivity contribution in [2.45, 2.75) is 13.8 Å². The normalized spacial score (nSPS) is 18.7. The number of hydrogen-bond acceptors (Lipinski definition) is 4. The van der Waals surface area contributed by atoms with Crippen LogP contribution in [0.4, 0.5) is 10.2 Å². The van der Waals surface area contributed by atoms with Crippen molar-refractivity contribution in [3.05, 3.63) is 71.7 Å². The first-order valence-electron chi connectivity index (χ1n) is 8.95. The van der Waals surface area contributed by atoms with E-state index in [1.165, 1.54) is 6.07 Å². The second-order valence-electron chi connectivity index (χ2n) is 6.38. The average Bonchev–Trinajstić information content (AvgIpc) is 3.03. The Labute approximate surface area is 168 Å². The van der Waals surface area contributed by atoms with E-state index in [-0.39, 0.29) is 5.82 Å². The van der Waals surface area contributed by atoms with Crippen molar-refractivity contribution in [1.82, 2.24) is 14.5 Å². The Balaban J connectivity index is 2.03. The molecule has 0 spiro atoms. The van der Waals surface area contributed by atoms with Crippen LogP contribution in [0.25, 0.3) is 5.69 Å². The Morgan fingerprint density at radius 2 is 1.79 bits per heavy atom. The van der Waals surface area contributed by atoms with Gasteiger partial charge >= 0.3 is 0 Å². The lowest BCUT2D eigenvalue weighted by molar-refractivity contribution is 0.362. The Morgan fingerprint density at radius 1 is 1.11 bits per heavy atom. The summed E-state index contributed by atoms with van der Waals surface area (Å²) in [5, 5.41) is 5.51. The number of fused-ring (bicyclic) bond motifs is 1. The van der Waals surface area contributed by atoms with Gasteiger partial charge in [0.2, 0.25) is 0 Å². The molecule has 0 radical (unpaired) electrons. The van der Waals surface area contributed by atoms with E-state index in [2.05, 4.69) is 0 Å². The first-order chi connectivity index (χ1) is 13.5. The molecule has 1 aromatic heterocycles. The van der Waals surface area contributed by atoms with Gasteiger partial charge < -0.3 is 9.19 Å². The molecule has 0 aliphatic carbocycles. The van der Waals surface area contributed by atoms with E-state index in [1.807, 2.05) is 55.9 Å². The quantitative estimate of drug-likeness (QED) is 0.597. The number of aryl methyl sites for hydroxylation is 1. The Hall–Kier alpha value is -2.34. The number of amidine groups is 1. The molecule has 0 amide bonds. The number of nitrogens with zero attached hydrogens (tertiary/aromatic N) is 4. The van der Waals surface area contributed by atoms with E-state index in [9.17, 15) is 4.39 Å². The van der Waals surface area contributed by atoms with Gasteiger partial charge in [0, 0.05) is 7.05 Å². The van der Waals surface area contributed by atoms with E-state index in [0.717, 1.165) is 16.7 Å². The van der Waals surface area contributed by atoms with Gasteiger partial charge in [-0.2, -0.15) is 5.10 Å². The van der Waals surface area contributed by atoms with Crippen LogP contribution in [-0.4, -0.2) is 33.9 Å². The lowest BCUT2D eigenvalue weighted by Gasteiger charge is -2.36. The number of aromatic nitrogens is 2. The highest BCUT2D eigenvalue weighted by molar-refractivity contribution is 8.15. The largest absolute Gasteiger partial charge is 0.331 e. The van der Waals surface area contributed by atoms with Gasteiger partial charge in [-0.3, -0.25) is 0 Å². The van der Waals surface area contributed by atoms with Gasteiger partial charge in [-0.15, -0.1) is 0 Å². The summed E-state index contributed by atoms with van der Waals surface area (Å²) in [6, 6.07) is 16.3. The third-order valence-electron chi connectivity index (χ3n) is 4.62. The van der Waals surface area contributed by atoms with Crippen LogP contribution in [0, 0.1) is 12.7 Å². The molecule has 5 nitrogen and oxygen atoms in total. The molecule has 1 aliphatic heterocycles.